The summed E-state index contributed by atoms with van der Waals surface area (Å²) in [4.78, 5) is 6.00. The van der Waals surface area contributed by atoms with Crippen molar-refractivity contribution in [2.75, 3.05) is 0 Å². The van der Waals surface area contributed by atoms with Gasteiger partial charge in [-0.2, -0.15) is 0 Å². The lowest BCUT2D eigenvalue weighted by molar-refractivity contribution is 1.19. The van der Waals surface area contributed by atoms with Gasteiger partial charge >= 0.3 is 0 Å². The van der Waals surface area contributed by atoms with Gasteiger partial charge in [-0.15, -0.1) is 0 Å². The molecule has 0 unspecified atom stereocenters. The van der Waals surface area contributed by atoms with Crippen molar-refractivity contribution in [1.82, 2.24) is 9.97 Å². The van der Waals surface area contributed by atoms with Crippen molar-refractivity contribution in [2.24, 2.45) is 0 Å². The summed E-state index contributed by atoms with van der Waals surface area (Å²) in [5.74, 6) is 0. The largest absolute Gasteiger partial charge is 0.368 e. The lowest BCUT2D eigenvalue weighted by atomic mass is 10.5. The predicted molar refractivity (Wildman–Crippen MR) is 51.1 cm³/mol. The van der Waals surface area contributed by atoms with E-state index in [9.17, 15) is 0 Å². The third-order valence-corrected chi connectivity index (χ3v) is 1.47. The first-order valence-corrected chi connectivity index (χ1v) is 3.99. The molecule has 0 radical (unpaired) electrons. The molecule has 0 saturated carbocycles. The Labute approximate surface area is 72.6 Å². The Bertz CT molecular complexity index is 260. The highest BCUT2D eigenvalue weighted by Crippen LogP contribution is 1.95. The van der Waals surface area contributed by atoms with Crippen molar-refractivity contribution < 1.29 is 0 Å². The summed E-state index contributed by atoms with van der Waals surface area (Å²) in [6, 6.07) is 8.02. The monoisotopic (exact) mass is 162 g/mol. The first-order chi connectivity index (χ1) is 5.79. The van der Waals surface area contributed by atoms with Crippen LogP contribution >= 0.6 is 0 Å². The fourth-order valence-electron chi connectivity index (χ4n) is 0.922. The van der Waals surface area contributed by atoms with Crippen LogP contribution < -0.4 is 0 Å². The van der Waals surface area contributed by atoms with Gasteiger partial charge in [0.25, 0.3) is 0 Å². The highest BCUT2D eigenvalue weighted by molar-refractivity contribution is 5.09. The Balaban J connectivity index is 0.000000127. The van der Waals surface area contributed by atoms with Crippen LogP contribution in [0.4, 0.5) is 0 Å². The predicted octanol–water partition coefficient (Wildman–Crippen LogP) is 2.65. The molecule has 0 aliphatic rings. The van der Waals surface area contributed by atoms with Crippen LogP contribution in [0.3, 0.4) is 0 Å². The Morgan fingerprint density at radius 2 is 1.42 bits per heavy atom. The van der Waals surface area contributed by atoms with Gasteiger partial charge in [-0.3, -0.25) is 0 Å². The molecule has 0 aromatic carbocycles. The third-order valence-electron chi connectivity index (χ3n) is 1.47. The Hall–Kier alpha value is -1.44. The molecule has 0 aliphatic heterocycles. The third kappa shape index (κ3) is 3.10. The SMILES string of the molecule is Cc1ccc(C)[nH]1.c1cc[nH]c1. The minimum Gasteiger partial charge on any atom is -0.368 e. The van der Waals surface area contributed by atoms with Gasteiger partial charge in [-0.05, 0) is 38.1 Å². The van der Waals surface area contributed by atoms with Gasteiger partial charge in [0.15, 0.2) is 0 Å². The Morgan fingerprint density at radius 1 is 0.917 bits per heavy atom. The molecule has 0 spiro atoms. The number of H-pyrrole nitrogens is 2. The summed E-state index contributed by atoms with van der Waals surface area (Å²) in [6.45, 7) is 4.10. The van der Waals surface area contributed by atoms with Gasteiger partial charge in [0.1, 0.15) is 0 Å². The minimum absolute atomic E-state index is 1.23. The van der Waals surface area contributed by atoms with Crippen molar-refractivity contribution >= 4 is 0 Å². The van der Waals surface area contributed by atoms with Gasteiger partial charge in [-0.25, -0.2) is 0 Å². The normalized spacial score (nSPS) is 8.83. The Morgan fingerprint density at radius 3 is 1.58 bits per heavy atom. The molecule has 2 heteroatoms. The number of aromatic nitrogens is 2. The van der Waals surface area contributed by atoms with E-state index in [4.69, 9.17) is 0 Å². The van der Waals surface area contributed by atoms with Crippen LogP contribution in [0.2, 0.25) is 0 Å². The molecule has 0 aliphatic carbocycles. The lowest BCUT2D eigenvalue weighted by Gasteiger charge is -1.77. The lowest BCUT2D eigenvalue weighted by Crippen LogP contribution is -1.67. The van der Waals surface area contributed by atoms with E-state index in [2.05, 4.69) is 22.1 Å². The molecular weight excluding hydrogens is 148 g/mol. The maximum Gasteiger partial charge on any atom is 0.0117 e. The van der Waals surface area contributed by atoms with E-state index in [1.165, 1.54) is 11.4 Å². The first kappa shape index (κ1) is 8.65. The van der Waals surface area contributed by atoms with Gasteiger partial charge in [0.2, 0.25) is 0 Å². The molecule has 64 valence electrons. The average Bonchev–Trinajstić information content (AvgIpc) is 2.63. The maximum atomic E-state index is 3.14. The second kappa shape index (κ2) is 4.44. The zero-order valence-corrected chi connectivity index (χ0v) is 7.46. The number of aryl methyl sites for hydroxylation is 2. The number of aromatic amines is 2. The summed E-state index contributed by atoms with van der Waals surface area (Å²) >= 11 is 0. The summed E-state index contributed by atoms with van der Waals surface area (Å²) in [5, 5.41) is 0. The zero-order chi connectivity index (χ0) is 8.81. The van der Waals surface area contributed by atoms with Gasteiger partial charge < -0.3 is 9.97 Å². The van der Waals surface area contributed by atoms with Crippen LogP contribution in [0.25, 0.3) is 0 Å². The average molecular weight is 162 g/mol. The summed E-state index contributed by atoms with van der Waals surface area (Å²) in [5.41, 5.74) is 2.47. The van der Waals surface area contributed by atoms with E-state index in [1.807, 2.05) is 38.4 Å². The van der Waals surface area contributed by atoms with Crippen LogP contribution in [0.15, 0.2) is 36.7 Å². The van der Waals surface area contributed by atoms with Crippen LogP contribution in [-0.4, -0.2) is 9.97 Å². The van der Waals surface area contributed by atoms with Crippen LogP contribution in [0.5, 0.6) is 0 Å². The van der Waals surface area contributed by atoms with Gasteiger partial charge in [0, 0.05) is 23.8 Å². The summed E-state index contributed by atoms with van der Waals surface area (Å²) < 4.78 is 0. The van der Waals surface area contributed by atoms with Crippen molar-refractivity contribution in [3.05, 3.63) is 48.0 Å². The minimum atomic E-state index is 1.23. The van der Waals surface area contributed by atoms with Crippen molar-refractivity contribution in [1.29, 1.82) is 0 Å². The standard InChI is InChI=1S/C6H9N.C4H5N/c1-5-3-4-6(2)7-5;1-2-4-5-3-1/h3-4,7H,1-2H3;1-5H. The molecule has 0 bridgehead atoms. The molecule has 2 rings (SSSR count). The topological polar surface area (TPSA) is 31.6 Å². The van der Waals surface area contributed by atoms with Crippen molar-refractivity contribution in [3.63, 3.8) is 0 Å². The fourth-order valence-corrected chi connectivity index (χ4v) is 0.922. The van der Waals surface area contributed by atoms with Gasteiger partial charge in [-0.1, -0.05) is 0 Å². The van der Waals surface area contributed by atoms with Crippen LogP contribution in [0, 0.1) is 13.8 Å². The molecule has 2 aromatic heterocycles. The quantitative estimate of drug-likeness (QED) is 0.597. The Kier molecular flexibility index (Phi) is 3.20. The second-order valence-corrected chi connectivity index (χ2v) is 2.71. The number of hydrogen-bond donors (Lipinski definition) is 2. The summed E-state index contributed by atoms with van der Waals surface area (Å²) in [6.07, 6.45) is 3.75. The molecule has 0 saturated heterocycles. The van der Waals surface area contributed by atoms with E-state index in [0.717, 1.165) is 0 Å². The van der Waals surface area contributed by atoms with Crippen LogP contribution in [-0.2, 0) is 0 Å². The smallest absolute Gasteiger partial charge is 0.0117 e. The zero-order valence-electron chi connectivity index (χ0n) is 7.46. The van der Waals surface area contributed by atoms with Crippen molar-refractivity contribution in [3.8, 4) is 0 Å². The molecule has 2 aromatic rings. The molecule has 0 fully saturated rings. The van der Waals surface area contributed by atoms with Crippen molar-refractivity contribution in [2.45, 2.75) is 13.8 Å². The van der Waals surface area contributed by atoms with E-state index in [-0.39, 0.29) is 0 Å². The molecule has 2 N–H and O–H groups in total. The second-order valence-electron chi connectivity index (χ2n) is 2.71. The fraction of sp³-hybridized carbons (Fsp3) is 0.200. The first-order valence-electron chi connectivity index (χ1n) is 3.99. The summed E-state index contributed by atoms with van der Waals surface area (Å²) in [7, 11) is 0. The highest BCUT2D eigenvalue weighted by Gasteiger charge is 1.82. The molecule has 0 amide bonds. The van der Waals surface area contributed by atoms with E-state index < -0.39 is 0 Å². The van der Waals surface area contributed by atoms with Crippen LogP contribution in [0.1, 0.15) is 11.4 Å². The van der Waals surface area contributed by atoms with Gasteiger partial charge in [0.05, 0.1) is 0 Å². The molecule has 2 heterocycles. The number of hydrogen-bond acceptors (Lipinski definition) is 0. The maximum absolute atomic E-state index is 3.14. The molecule has 2 nitrogen and oxygen atoms in total. The van der Waals surface area contributed by atoms with E-state index in [0.29, 0.717) is 0 Å². The van der Waals surface area contributed by atoms with E-state index in [1.54, 1.807) is 0 Å². The van der Waals surface area contributed by atoms with E-state index >= 15 is 0 Å². The highest BCUT2D eigenvalue weighted by atomic mass is 14.7. The molecule has 12 heavy (non-hydrogen) atoms. The number of rotatable bonds is 0. The molecule has 0 atom stereocenters. The number of nitrogens with one attached hydrogen (secondary N) is 2. The molecular formula is C10H14N2.